The Morgan fingerprint density at radius 3 is 1.62 bits per heavy atom. The van der Waals surface area contributed by atoms with Crippen LogP contribution >= 0.6 is 0 Å². The van der Waals surface area contributed by atoms with Gasteiger partial charge in [-0.1, -0.05) is 176 Å². The molecule has 0 saturated heterocycles. The van der Waals surface area contributed by atoms with Crippen LogP contribution in [0.1, 0.15) is 23.0 Å². The summed E-state index contributed by atoms with van der Waals surface area (Å²) < 4.78 is 4.59. The molecular formula is C60H40N8. The van der Waals surface area contributed by atoms with Gasteiger partial charge in [0.25, 0.3) is 0 Å². The van der Waals surface area contributed by atoms with Gasteiger partial charge in [-0.15, -0.1) is 0 Å². The van der Waals surface area contributed by atoms with E-state index >= 15 is 0 Å². The number of nitrogens with one attached hydrogen (secondary N) is 1. The van der Waals surface area contributed by atoms with Crippen LogP contribution in [0.5, 0.6) is 0 Å². The van der Waals surface area contributed by atoms with E-state index in [1.165, 1.54) is 0 Å². The molecule has 0 spiro atoms. The molecule has 1 aliphatic heterocycles. The lowest BCUT2D eigenvalue weighted by atomic mass is 10.0. The van der Waals surface area contributed by atoms with Crippen molar-refractivity contribution in [2.75, 3.05) is 0 Å². The summed E-state index contributed by atoms with van der Waals surface area (Å²) in [5.74, 6) is 2.13. The lowest BCUT2D eigenvalue weighted by Crippen LogP contribution is -2.25. The molecule has 0 saturated carbocycles. The summed E-state index contributed by atoms with van der Waals surface area (Å²) >= 11 is 0. The van der Waals surface area contributed by atoms with Crippen LogP contribution in [-0.4, -0.2) is 34.8 Å². The first-order valence-electron chi connectivity index (χ1n) is 22.8. The highest BCUT2D eigenvalue weighted by molar-refractivity contribution is 6.26. The van der Waals surface area contributed by atoms with Gasteiger partial charge in [-0.3, -0.25) is 14.1 Å². The molecule has 8 heteroatoms. The Bertz CT molecular complexity index is 3870. The second-order valence-corrected chi connectivity index (χ2v) is 16.9. The van der Waals surface area contributed by atoms with Gasteiger partial charge >= 0.3 is 0 Å². The lowest BCUT2D eigenvalue weighted by Gasteiger charge is -2.24. The van der Waals surface area contributed by atoms with Gasteiger partial charge < -0.3 is 5.32 Å². The van der Waals surface area contributed by atoms with Gasteiger partial charge in [0.15, 0.2) is 12.0 Å². The Balaban J connectivity index is 0.987. The third-order valence-electron chi connectivity index (χ3n) is 12.8. The largest absolute Gasteiger partial charge is 0.358 e. The van der Waals surface area contributed by atoms with Crippen LogP contribution in [-0.2, 0) is 0 Å². The van der Waals surface area contributed by atoms with Crippen molar-refractivity contribution in [3.63, 3.8) is 0 Å². The van der Waals surface area contributed by atoms with E-state index in [0.717, 1.165) is 106 Å². The van der Waals surface area contributed by atoms with Gasteiger partial charge in [-0.05, 0) is 65.7 Å². The van der Waals surface area contributed by atoms with Crippen molar-refractivity contribution in [2.24, 2.45) is 4.99 Å². The molecule has 1 atom stereocenters. The molecule has 0 aliphatic carbocycles. The number of hydrogen-bond acceptors (Lipinski definition) is 6. The highest BCUT2D eigenvalue weighted by Crippen LogP contribution is 2.42. The predicted octanol–water partition coefficient (Wildman–Crippen LogP) is 13.6. The number of fused-ring (bicyclic) bond motifs is 7. The molecule has 5 aromatic heterocycles. The van der Waals surface area contributed by atoms with Crippen LogP contribution in [0.25, 0.3) is 95.0 Å². The molecule has 1 aliphatic rings. The molecule has 1 unspecified atom stereocenters. The van der Waals surface area contributed by atoms with Crippen LogP contribution < -0.4 is 5.32 Å². The van der Waals surface area contributed by atoms with Gasteiger partial charge in [0.2, 0.25) is 0 Å². The molecule has 8 nitrogen and oxygen atoms in total. The zero-order chi connectivity index (χ0) is 45.0. The van der Waals surface area contributed by atoms with Crippen molar-refractivity contribution in [1.82, 2.24) is 34.4 Å². The van der Waals surface area contributed by atoms with Gasteiger partial charge in [-0.25, -0.2) is 19.9 Å². The third-order valence-corrected chi connectivity index (χ3v) is 12.8. The minimum absolute atomic E-state index is 0.431. The average Bonchev–Trinajstić information content (AvgIpc) is 3.95. The zero-order valence-electron chi connectivity index (χ0n) is 36.6. The fraction of sp³-hybridized carbons (Fsp3) is 0.0167. The quantitative estimate of drug-likeness (QED) is 0.164. The van der Waals surface area contributed by atoms with Gasteiger partial charge in [0.05, 0.1) is 44.9 Å². The number of allylic oxidation sites excluding steroid dienone is 1. The van der Waals surface area contributed by atoms with Crippen molar-refractivity contribution in [2.45, 2.75) is 6.17 Å². The predicted molar refractivity (Wildman–Crippen MR) is 276 cm³/mol. The molecule has 68 heavy (non-hydrogen) atoms. The Morgan fingerprint density at radius 2 is 0.941 bits per heavy atom. The van der Waals surface area contributed by atoms with Gasteiger partial charge in [0, 0.05) is 38.4 Å². The van der Waals surface area contributed by atoms with Gasteiger partial charge in [0.1, 0.15) is 17.3 Å². The van der Waals surface area contributed by atoms with Gasteiger partial charge in [-0.2, -0.15) is 0 Å². The summed E-state index contributed by atoms with van der Waals surface area (Å²) in [6.45, 7) is 0. The molecule has 12 aromatic rings. The first-order valence-corrected chi connectivity index (χ1v) is 22.8. The maximum Gasteiger partial charge on any atom is 0.179 e. The normalized spacial score (nSPS) is 13.7. The molecule has 7 aromatic carbocycles. The minimum atomic E-state index is -0.431. The van der Waals surface area contributed by atoms with Crippen LogP contribution in [0, 0.1) is 0 Å². The fourth-order valence-electron chi connectivity index (χ4n) is 9.68. The Kier molecular flexibility index (Phi) is 9.38. The summed E-state index contributed by atoms with van der Waals surface area (Å²) in [5, 5.41) is 8.23. The number of para-hydroxylation sites is 2. The SMILES string of the molecule is C1=C(c2ccccc2)NC(c2cccc(-n3c4ccccc4c4ccc5c(c6ccccc6n5-c5cccc(-c6nc(-c7ccccc7)cc(-c7ccccc7)n6)n5)c43)n2)N=C1c1ccccc1. The lowest BCUT2D eigenvalue weighted by molar-refractivity contribution is 0.641. The monoisotopic (exact) mass is 872 g/mol. The van der Waals surface area contributed by atoms with E-state index in [1.807, 2.05) is 60.7 Å². The highest BCUT2D eigenvalue weighted by atomic mass is 15.1. The summed E-state index contributed by atoms with van der Waals surface area (Å²) in [6, 6.07) is 77.4. The highest BCUT2D eigenvalue weighted by Gasteiger charge is 2.25. The average molecular weight is 873 g/mol. The first kappa shape index (κ1) is 39.1. The van der Waals surface area contributed by atoms with Crippen molar-refractivity contribution in [3.8, 4) is 45.7 Å². The standard InChI is InChI=1S/C60H40N8/c1-5-19-39(20-6-1)48-37-49(40-21-7-2-8-22-40)64-59(63-48)46-29-17-33-55(61-46)67-53-32-16-14-28-45(53)57-54(67)36-35-44-43-27-13-15-31-52(43)68(58(44)57)56-34-18-30-47(62-56)60-65-50(41-23-9-3-10-24-41)38-51(66-60)42-25-11-4-12-26-42/h1-38,60,65H. The molecule has 1 N–H and O–H groups in total. The van der Waals surface area contributed by atoms with E-state index in [0.29, 0.717) is 11.5 Å². The maximum absolute atomic E-state index is 5.48. The van der Waals surface area contributed by atoms with Crippen LogP contribution in [0.4, 0.5) is 0 Å². The number of aromatic nitrogens is 6. The van der Waals surface area contributed by atoms with Crippen LogP contribution in [0.2, 0.25) is 0 Å². The molecule has 0 radical (unpaired) electrons. The second-order valence-electron chi connectivity index (χ2n) is 16.9. The van der Waals surface area contributed by atoms with Crippen molar-refractivity contribution in [3.05, 3.63) is 247 Å². The molecular weight excluding hydrogens is 833 g/mol. The fourth-order valence-corrected chi connectivity index (χ4v) is 9.68. The number of benzene rings is 7. The summed E-state index contributed by atoms with van der Waals surface area (Å²) in [4.78, 5) is 26.4. The smallest absolute Gasteiger partial charge is 0.179 e. The van der Waals surface area contributed by atoms with Crippen molar-refractivity contribution < 1.29 is 0 Å². The summed E-state index contributed by atoms with van der Waals surface area (Å²) in [7, 11) is 0. The molecule has 320 valence electrons. The van der Waals surface area contributed by atoms with Crippen LogP contribution in [0.3, 0.4) is 0 Å². The molecule has 0 fully saturated rings. The Labute approximate surface area is 391 Å². The molecule has 6 heterocycles. The van der Waals surface area contributed by atoms with E-state index in [9.17, 15) is 0 Å². The van der Waals surface area contributed by atoms with Crippen molar-refractivity contribution in [1.29, 1.82) is 0 Å². The second kappa shape index (κ2) is 16.3. The summed E-state index contributed by atoms with van der Waals surface area (Å²) in [6.07, 6.45) is 1.70. The van der Waals surface area contributed by atoms with E-state index in [1.54, 1.807) is 0 Å². The number of pyridine rings is 2. The zero-order valence-corrected chi connectivity index (χ0v) is 36.6. The Hall–Kier alpha value is -9.27. The Morgan fingerprint density at radius 1 is 0.382 bits per heavy atom. The third kappa shape index (κ3) is 6.74. The number of aliphatic imine (C=N–C) groups is 1. The first-order chi connectivity index (χ1) is 33.7. The van der Waals surface area contributed by atoms with E-state index in [4.69, 9.17) is 24.9 Å². The number of hydrogen-bond donors (Lipinski definition) is 1. The number of nitrogens with zero attached hydrogens (tertiary/aromatic N) is 7. The molecule has 0 bridgehead atoms. The minimum Gasteiger partial charge on any atom is -0.358 e. The maximum atomic E-state index is 5.48. The molecule has 13 rings (SSSR count). The van der Waals surface area contributed by atoms with E-state index in [2.05, 4.69) is 184 Å². The van der Waals surface area contributed by atoms with E-state index in [-0.39, 0.29) is 0 Å². The van der Waals surface area contributed by atoms with Crippen molar-refractivity contribution >= 4 is 55.0 Å². The van der Waals surface area contributed by atoms with Crippen LogP contribution in [0.15, 0.2) is 236 Å². The molecule has 0 amide bonds. The topological polar surface area (TPSA) is 85.8 Å². The van der Waals surface area contributed by atoms with E-state index < -0.39 is 6.17 Å². The summed E-state index contributed by atoms with van der Waals surface area (Å²) in [5.41, 5.74) is 13.4. The number of rotatable bonds is 8.